The van der Waals surface area contributed by atoms with E-state index in [1.165, 1.54) is 6.07 Å². The fraction of sp³-hybridized carbons (Fsp3) is 0.333. The highest BCUT2D eigenvalue weighted by Gasteiger charge is 2.08. The van der Waals surface area contributed by atoms with E-state index in [-0.39, 0.29) is 0 Å². The zero-order chi connectivity index (χ0) is 11.4. The predicted octanol–water partition coefficient (Wildman–Crippen LogP) is 3.24. The van der Waals surface area contributed by atoms with E-state index in [2.05, 4.69) is 5.32 Å². The molecule has 0 aliphatic heterocycles. The first-order chi connectivity index (χ1) is 7.06. The summed E-state index contributed by atoms with van der Waals surface area (Å²) in [5.74, 6) is -1.05. The van der Waals surface area contributed by atoms with Crippen LogP contribution in [0.3, 0.4) is 0 Å². The number of benzene rings is 1. The molecule has 1 aromatic rings. The molecule has 0 unspecified atom stereocenters. The van der Waals surface area contributed by atoms with Crippen molar-refractivity contribution in [2.45, 2.75) is 20.8 Å². The van der Waals surface area contributed by atoms with Crippen molar-refractivity contribution in [1.82, 2.24) is 5.32 Å². The Morgan fingerprint density at radius 3 is 2.67 bits per heavy atom. The van der Waals surface area contributed by atoms with Crippen LogP contribution in [0.15, 0.2) is 18.3 Å². The Morgan fingerprint density at radius 1 is 1.40 bits per heavy atom. The molecule has 1 N–H and O–H groups in total. The lowest BCUT2D eigenvalue weighted by atomic mass is 10.0. The minimum atomic E-state index is -0.544. The van der Waals surface area contributed by atoms with Crippen LogP contribution in [0, 0.1) is 18.6 Å². The van der Waals surface area contributed by atoms with Gasteiger partial charge in [0.2, 0.25) is 0 Å². The molecule has 0 bridgehead atoms. The van der Waals surface area contributed by atoms with Gasteiger partial charge in [-0.3, -0.25) is 0 Å². The van der Waals surface area contributed by atoms with Gasteiger partial charge in [-0.2, -0.15) is 0 Å². The average molecular weight is 211 g/mol. The van der Waals surface area contributed by atoms with Crippen LogP contribution < -0.4 is 5.32 Å². The summed E-state index contributed by atoms with van der Waals surface area (Å²) in [4.78, 5) is 0. The lowest BCUT2D eigenvalue weighted by molar-refractivity contribution is 0.576. The minimum Gasteiger partial charge on any atom is -0.391 e. The third kappa shape index (κ3) is 2.78. The first kappa shape index (κ1) is 11.7. The van der Waals surface area contributed by atoms with Crippen molar-refractivity contribution in [1.29, 1.82) is 0 Å². The van der Waals surface area contributed by atoms with Crippen LogP contribution in [0.25, 0.3) is 5.57 Å². The Balaban J connectivity index is 3.13. The van der Waals surface area contributed by atoms with E-state index in [9.17, 15) is 8.78 Å². The molecule has 0 atom stereocenters. The molecule has 0 fully saturated rings. The summed E-state index contributed by atoms with van der Waals surface area (Å²) in [6.45, 7) is 6.22. The van der Waals surface area contributed by atoms with Gasteiger partial charge in [-0.25, -0.2) is 8.78 Å². The summed E-state index contributed by atoms with van der Waals surface area (Å²) in [5, 5.41) is 3.01. The molecule has 0 saturated heterocycles. The monoisotopic (exact) mass is 211 g/mol. The summed E-state index contributed by atoms with van der Waals surface area (Å²) in [6, 6.07) is 2.25. The number of rotatable bonds is 3. The van der Waals surface area contributed by atoms with Crippen molar-refractivity contribution in [3.8, 4) is 0 Å². The summed E-state index contributed by atoms with van der Waals surface area (Å²) >= 11 is 0. The number of nitrogens with one attached hydrogen (secondary N) is 1. The molecule has 1 aromatic carbocycles. The zero-order valence-electron chi connectivity index (χ0n) is 9.20. The Hall–Kier alpha value is -1.38. The van der Waals surface area contributed by atoms with Crippen molar-refractivity contribution in [2.24, 2.45) is 0 Å². The normalized spacial score (nSPS) is 11.7. The molecule has 15 heavy (non-hydrogen) atoms. The van der Waals surface area contributed by atoms with Gasteiger partial charge in [0.05, 0.1) is 0 Å². The maximum Gasteiger partial charge on any atom is 0.129 e. The SMILES string of the molecule is CCN/C=C(/C)c1cc(F)cc(F)c1C. The lowest BCUT2D eigenvalue weighted by Crippen LogP contribution is -2.04. The summed E-state index contributed by atoms with van der Waals surface area (Å²) in [5.41, 5.74) is 1.91. The second-order valence-corrected chi connectivity index (χ2v) is 3.45. The van der Waals surface area contributed by atoms with Gasteiger partial charge in [0.15, 0.2) is 0 Å². The Morgan fingerprint density at radius 2 is 2.07 bits per heavy atom. The van der Waals surface area contributed by atoms with Crippen LogP contribution in [0.2, 0.25) is 0 Å². The minimum absolute atomic E-state index is 0.475. The molecule has 0 aliphatic rings. The molecule has 0 radical (unpaired) electrons. The third-order valence-corrected chi connectivity index (χ3v) is 2.26. The first-order valence-corrected chi connectivity index (χ1v) is 4.92. The molecule has 82 valence electrons. The first-order valence-electron chi connectivity index (χ1n) is 4.92. The van der Waals surface area contributed by atoms with E-state index >= 15 is 0 Å². The van der Waals surface area contributed by atoms with E-state index in [1.54, 1.807) is 13.1 Å². The third-order valence-electron chi connectivity index (χ3n) is 2.26. The molecule has 1 nitrogen and oxygen atoms in total. The van der Waals surface area contributed by atoms with Crippen molar-refractivity contribution >= 4 is 5.57 Å². The van der Waals surface area contributed by atoms with Crippen LogP contribution in [-0.2, 0) is 0 Å². The topological polar surface area (TPSA) is 12.0 Å². The lowest BCUT2D eigenvalue weighted by Gasteiger charge is -2.08. The molecule has 0 heterocycles. The highest BCUT2D eigenvalue weighted by atomic mass is 19.1. The fourth-order valence-electron chi connectivity index (χ4n) is 1.39. The summed E-state index contributed by atoms with van der Waals surface area (Å²) in [7, 11) is 0. The predicted molar refractivity (Wildman–Crippen MR) is 58.4 cm³/mol. The van der Waals surface area contributed by atoms with Crippen molar-refractivity contribution < 1.29 is 8.78 Å². The highest BCUT2D eigenvalue weighted by Crippen LogP contribution is 2.21. The number of halogens is 2. The quantitative estimate of drug-likeness (QED) is 0.809. The van der Waals surface area contributed by atoms with Crippen LogP contribution >= 0.6 is 0 Å². The van der Waals surface area contributed by atoms with E-state index in [1.807, 2.05) is 13.8 Å². The van der Waals surface area contributed by atoms with Crippen molar-refractivity contribution in [3.63, 3.8) is 0 Å². The molecular weight excluding hydrogens is 196 g/mol. The van der Waals surface area contributed by atoms with Gasteiger partial charge >= 0.3 is 0 Å². The molecule has 1 rings (SSSR count). The largest absolute Gasteiger partial charge is 0.391 e. The number of allylic oxidation sites excluding steroid dienone is 1. The second-order valence-electron chi connectivity index (χ2n) is 3.45. The van der Waals surface area contributed by atoms with Crippen molar-refractivity contribution in [2.75, 3.05) is 6.54 Å². The van der Waals surface area contributed by atoms with Gasteiger partial charge in [-0.05, 0) is 49.7 Å². The fourth-order valence-corrected chi connectivity index (χ4v) is 1.39. The van der Waals surface area contributed by atoms with E-state index in [4.69, 9.17) is 0 Å². The molecule has 0 amide bonds. The second kappa shape index (κ2) is 4.91. The maximum atomic E-state index is 13.2. The Bertz CT molecular complexity index is 383. The molecule has 3 heteroatoms. The molecule has 0 spiro atoms. The van der Waals surface area contributed by atoms with Crippen LogP contribution in [0.1, 0.15) is 25.0 Å². The van der Waals surface area contributed by atoms with Gasteiger partial charge in [0.25, 0.3) is 0 Å². The van der Waals surface area contributed by atoms with Crippen LogP contribution in [0.5, 0.6) is 0 Å². The Labute approximate surface area is 88.8 Å². The van der Waals surface area contributed by atoms with Gasteiger partial charge < -0.3 is 5.32 Å². The van der Waals surface area contributed by atoms with Gasteiger partial charge in [-0.1, -0.05) is 0 Å². The van der Waals surface area contributed by atoms with Crippen molar-refractivity contribution in [3.05, 3.63) is 41.1 Å². The zero-order valence-corrected chi connectivity index (χ0v) is 9.20. The summed E-state index contributed by atoms with van der Waals surface area (Å²) in [6.07, 6.45) is 1.77. The van der Waals surface area contributed by atoms with Crippen LogP contribution in [0.4, 0.5) is 8.78 Å². The highest BCUT2D eigenvalue weighted by molar-refractivity contribution is 5.66. The standard InChI is InChI=1S/C12H15F2N/c1-4-15-7-8(2)11-5-10(13)6-12(14)9(11)3/h5-7,15H,4H2,1-3H3/b8-7-. The molecular formula is C12H15F2N. The van der Waals surface area contributed by atoms with E-state index < -0.39 is 11.6 Å². The smallest absolute Gasteiger partial charge is 0.129 e. The van der Waals surface area contributed by atoms with E-state index in [0.717, 1.165) is 18.2 Å². The number of hydrogen-bond acceptors (Lipinski definition) is 1. The van der Waals surface area contributed by atoms with Gasteiger partial charge in [-0.15, -0.1) is 0 Å². The van der Waals surface area contributed by atoms with Gasteiger partial charge in [0.1, 0.15) is 11.6 Å². The Kier molecular flexibility index (Phi) is 3.83. The van der Waals surface area contributed by atoms with Gasteiger partial charge in [0, 0.05) is 12.6 Å². The summed E-state index contributed by atoms with van der Waals surface area (Å²) < 4.78 is 26.2. The van der Waals surface area contributed by atoms with Crippen LogP contribution in [-0.4, -0.2) is 6.54 Å². The molecule has 0 saturated carbocycles. The number of hydrogen-bond donors (Lipinski definition) is 1. The molecule has 0 aromatic heterocycles. The maximum absolute atomic E-state index is 13.2. The molecule has 0 aliphatic carbocycles. The van der Waals surface area contributed by atoms with E-state index in [0.29, 0.717) is 11.1 Å². The average Bonchev–Trinajstić information content (AvgIpc) is 2.19.